The molecule has 2 heterocycles. The molecule has 1 saturated heterocycles. The third-order valence-corrected chi connectivity index (χ3v) is 6.03. The third-order valence-electron chi connectivity index (χ3n) is 5.06. The van der Waals surface area contributed by atoms with E-state index < -0.39 is 0 Å². The SMILES string of the molecule is CCN[C@H]1CCCCN(c2cccc(O[C@@H](CCNC)c3cccs3)c2)C1=O. The van der Waals surface area contributed by atoms with E-state index >= 15 is 0 Å². The standard InChI is InChI=1S/C22H31N3O2S/c1-3-24-19-10-4-5-14-25(22(19)26)17-8-6-9-18(16-17)27-20(12-13-23-2)21-11-7-15-28-21/h6-9,11,15-16,19-20,23-24H,3-5,10,12-14H2,1-2H3/t19-,20-/m0/s1. The van der Waals surface area contributed by atoms with Crippen LogP contribution in [0.2, 0.25) is 0 Å². The highest BCUT2D eigenvalue weighted by Gasteiger charge is 2.27. The monoisotopic (exact) mass is 401 g/mol. The van der Waals surface area contributed by atoms with E-state index in [1.165, 1.54) is 4.88 Å². The molecule has 1 amide bonds. The summed E-state index contributed by atoms with van der Waals surface area (Å²) in [6, 6.07) is 12.1. The van der Waals surface area contributed by atoms with E-state index in [0.29, 0.717) is 0 Å². The van der Waals surface area contributed by atoms with Crippen LogP contribution in [0.1, 0.15) is 43.6 Å². The Morgan fingerprint density at radius 1 is 1.29 bits per heavy atom. The molecule has 0 spiro atoms. The van der Waals surface area contributed by atoms with Gasteiger partial charge in [-0.05, 0) is 63.0 Å². The molecule has 6 heteroatoms. The predicted molar refractivity (Wildman–Crippen MR) is 116 cm³/mol. The van der Waals surface area contributed by atoms with Gasteiger partial charge in [0, 0.05) is 29.6 Å². The molecule has 1 aliphatic heterocycles. The number of hydrogen-bond donors (Lipinski definition) is 2. The van der Waals surface area contributed by atoms with Crippen molar-refractivity contribution in [2.45, 2.75) is 44.8 Å². The van der Waals surface area contributed by atoms with E-state index in [1.54, 1.807) is 11.3 Å². The van der Waals surface area contributed by atoms with E-state index in [1.807, 2.05) is 43.1 Å². The molecule has 2 N–H and O–H groups in total. The summed E-state index contributed by atoms with van der Waals surface area (Å²) in [6.07, 6.45) is 3.91. The fraction of sp³-hybridized carbons (Fsp3) is 0.500. The average Bonchev–Trinajstić information content (AvgIpc) is 3.18. The zero-order chi connectivity index (χ0) is 19.8. The third kappa shape index (κ3) is 5.34. The summed E-state index contributed by atoms with van der Waals surface area (Å²) in [5.74, 6) is 0.977. The van der Waals surface area contributed by atoms with Gasteiger partial charge in [0.15, 0.2) is 0 Å². The van der Waals surface area contributed by atoms with Gasteiger partial charge in [0.25, 0.3) is 0 Å². The summed E-state index contributed by atoms with van der Waals surface area (Å²) in [7, 11) is 1.96. The van der Waals surface area contributed by atoms with E-state index in [4.69, 9.17) is 4.74 Å². The second kappa shape index (κ2) is 10.6. The minimum atomic E-state index is -0.0911. The maximum Gasteiger partial charge on any atom is 0.244 e. The molecule has 0 aliphatic carbocycles. The molecule has 0 unspecified atom stereocenters. The molecule has 2 atom stereocenters. The molecule has 0 radical (unpaired) electrons. The van der Waals surface area contributed by atoms with Crippen LogP contribution in [-0.4, -0.2) is 38.6 Å². The number of rotatable bonds is 9. The fourth-order valence-electron chi connectivity index (χ4n) is 3.63. The van der Waals surface area contributed by atoms with Crippen molar-refractivity contribution < 1.29 is 9.53 Å². The van der Waals surface area contributed by atoms with Crippen LogP contribution in [0.15, 0.2) is 41.8 Å². The Labute approximate surface area is 172 Å². The minimum absolute atomic E-state index is 0.0111. The summed E-state index contributed by atoms with van der Waals surface area (Å²) in [6.45, 7) is 4.50. The van der Waals surface area contributed by atoms with Gasteiger partial charge in [-0.25, -0.2) is 0 Å². The lowest BCUT2D eigenvalue weighted by Crippen LogP contribution is -2.45. The van der Waals surface area contributed by atoms with Crippen molar-refractivity contribution >= 4 is 22.9 Å². The Bertz CT molecular complexity index is 735. The zero-order valence-electron chi connectivity index (χ0n) is 16.8. The van der Waals surface area contributed by atoms with E-state index in [0.717, 1.165) is 56.8 Å². The first-order valence-electron chi connectivity index (χ1n) is 10.2. The Kier molecular flexibility index (Phi) is 7.89. The number of carbonyl (C=O) groups excluding carboxylic acids is 1. The molecule has 1 fully saturated rings. The van der Waals surface area contributed by atoms with E-state index in [2.05, 4.69) is 28.1 Å². The highest BCUT2D eigenvalue weighted by Crippen LogP contribution is 2.31. The quantitative estimate of drug-likeness (QED) is 0.668. The first-order chi connectivity index (χ1) is 13.7. The second-order valence-electron chi connectivity index (χ2n) is 7.11. The first kappa shape index (κ1) is 20.8. The summed E-state index contributed by atoms with van der Waals surface area (Å²) in [5, 5.41) is 8.62. The van der Waals surface area contributed by atoms with Gasteiger partial charge in [-0.3, -0.25) is 4.79 Å². The van der Waals surface area contributed by atoms with E-state index in [9.17, 15) is 4.79 Å². The summed E-state index contributed by atoms with van der Waals surface area (Å²) >= 11 is 1.72. The number of amides is 1. The first-order valence-corrected chi connectivity index (χ1v) is 11.1. The zero-order valence-corrected chi connectivity index (χ0v) is 17.6. The van der Waals surface area contributed by atoms with Crippen LogP contribution in [0, 0.1) is 0 Å². The van der Waals surface area contributed by atoms with Crippen molar-refractivity contribution in [2.24, 2.45) is 0 Å². The summed E-state index contributed by atoms with van der Waals surface area (Å²) in [5.41, 5.74) is 0.922. The lowest BCUT2D eigenvalue weighted by Gasteiger charge is -2.26. The molecular weight excluding hydrogens is 370 g/mol. The van der Waals surface area contributed by atoms with Gasteiger partial charge in [0.1, 0.15) is 11.9 Å². The molecule has 152 valence electrons. The number of carbonyl (C=O) groups is 1. The van der Waals surface area contributed by atoms with Gasteiger partial charge < -0.3 is 20.3 Å². The van der Waals surface area contributed by atoms with Gasteiger partial charge in [0.05, 0.1) is 6.04 Å². The van der Waals surface area contributed by atoms with Crippen LogP contribution < -0.4 is 20.3 Å². The summed E-state index contributed by atoms with van der Waals surface area (Å²) in [4.78, 5) is 16.2. The van der Waals surface area contributed by atoms with Crippen LogP contribution in [0.3, 0.4) is 0 Å². The largest absolute Gasteiger partial charge is 0.485 e. The molecule has 1 aromatic carbocycles. The molecule has 0 bridgehead atoms. The van der Waals surface area contributed by atoms with Crippen molar-refractivity contribution in [1.29, 1.82) is 0 Å². The number of anilines is 1. The van der Waals surface area contributed by atoms with Crippen molar-refractivity contribution in [3.63, 3.8) is 0 Å². The number of hydrogen-bond acceptors (Lipinski definition) is 5. The normalized spacial score (nSPS) is 18.7. The average molecular weight is 402 g/mol. The van der Waals surface area contributed by atoms with Crippen LogP contribution in [0.25, 0.3) is 0 Å². The lowest BCUT2D eigenvalue weighted by atomic mass is 10.1. The van der Waals surface area contributed by atoms with Gasteiger partial charge in [-0.1, -0.05) is 19.1 Å². The number of likely N-dealkylation sites (N-methyl/N-ethyl adjacent to an activating group) is 1. The molecule has 2 aromatic rings. The second-order valence-corrected chi connectivity index (χ2v) is 8.09. The van der Waals surface area contributed by atoms with Gasteiger partial charge in [-0.15, -0.1) is 11.3 Å². The van der Waals surface area contributed by atoms with Crippen LogP contribution >= 0.6 is 11.3 Å². The molecule has 0 saturated carbocycles. The molecule has 1 aliphatic rings. The number of thiophene rings is 1. The number of nitrogens with zero attached hydrogens (tertiary/aromatic N) is 1. The maximum atomic E-state index is 13.0. The smallest absolute Gasteiger partial charge is 0.244 e. The molecule has 1 aromatic heterocycles. The summed E-state index contributed by atoms with van der Waals surface area (Å²) < 4.78 is 6.35. The molecule has 3 rings (SSSR count). The van der Waals surface area contributed by atoms with Crippen molar-refractivity contribution in [3.05, 3.63) is 46.7 Å². The maximum absolute atomic E-state index is 13.0. The highest BCUT2D eigenvalue weighted by molar-refractivity contribution is 7.10. The number of ether oxygens (including phenoxy) is 1. The van der Waals surface area contributed by atoms with Crippen LogP contribution in [0.4, 0.5) is 5.69 Å². The van der Waals surface area contributed by atoms with Crippen molar-refractivity contribution in [3.8, 4) is 5.75 Å². The van der Waals surface area contributed by atoms with Crippen molar-refractivity contribution in [1.82, 2.24) is 10.6 Å². The number of benzene rings is 1. The molecular formula is C22H31N3O2S. The van der Waals surface area contributed by atoms with Gasteiger partial charge >= 0.3 is 0 Å². The lowest BCUT2D eigenvalue weighted by molar-refractivity contribution is -0.120. The fourth-order valence-corrected chi connectivity index (χ4v) is 4.42. The Morgan fingerprint density at radius 3 is 2.93 bits per heavy atom. The molecule has 5 nitrogen and oxygen atoms in total. The molecule has 28 heavy (non-hydrogen) atoms. The van der Waals surface area contributed by atoms with Gasteiger partial charge in [0.2, 0.25) is 5.91 Å². The topological polar surface area (TPSA) is 53.6 Å². The Balaban J connectivity index is 1.77. The van der Waals surface area contributed by atoms with Gasteiger partial charge in [-0.2, -0.15) is 0 Å². The minimum Gasteiger partial charge on any atom is -0.485 e. The Hall–Kier alpha value is -1.89. The van der Waals surface area contributed by atoms with E-state index in [-0.39, 0.29) is 18.1 Å². The van der Waals surface area contributed by atoms with Crippen LogP contribution in [0.5, 0.6) is 5.75 Å². The van der Waals surface area contributed by atoms with Crippen LogP contribution in [-0.2, 0) is 4.79 Å². The Morgan fingerprint density at radius 2 is 2.18 bits per heavy atom. The predicted octanol–water partition coefficient (Wildman–Crippen LogP) is 3.97. The highest BCUT2D eigenvalue weighted by atomic mass is 32.1. The van der Waals surface area contributed by atoms with Crippen molar-refractivity contribution in [2.75, 3.05) is 31.6 Å². The number of nitrogens with one attached hydrogen (secondary N) is 2.